The Labute approximate surface area is 130 Å². The molecule has 1 aromatic rings. The normalized spacial score (nSPS) is 22.9. The highest BCUT2D eigenvalue weighted by Gasteiger charge is 2.40. The Morgan fingerprint density at radius 1 is 1.36 bits per heavy atom. The minimum Gasteiger partial charge on any atom is -0.330 e. The molecule has 2 rings (SSSR count). The van der Waals surface area contributed by atoms with Gasteiger partial charge in [0, 0.05) is 18.7 Å². The molecule has 0 bridgehead atoms. The van der Waals surface area contributed by atoms with Crippen molar-refractivity contribution in [1.82, 2.24) is 4.31 Å². The number of rotatable bonds is 4. The maximum Gasteiger partial charge on any atom is 0.289 e. The summed E-state index contributed by atoms with van der Waals surface area (Å²) in [6.07, 6.45) is 0.675. The number of hydrogen-bond acceptors (Lipinski definition) is 5. The van der Waals surface area contributed by atoms with Crippen LogP contribution < -0.4 is 5.73 Å². The Bertz CT molecular complexity index is 702. The Hall–Kier alpha value is -1.51. The van der Waals surface area contributed by atoms with E-state index in [9.17, 15) is 18.5 Å². The first-order valence-electron chi connectivity index (χ1n) is 7.16. The quantitative estimate of drug-likeness (QED) is 0.667. The van der Waals surface area contributed by atoms with Crippen molar-refractivity contribution in [1.29, 1.82) is 0 Å². The van der Waals surface area contributed by atoms with Crippen molar-refractivity contribution in [2.75, 3.05) is 13.1 Å². The predicted molar refractivity (Wildman–Crippen MR) is 83.1 cm³/mol. The number of nitro benzene ring substituents is 1. The molecule has 2 unspecified atom stereocenters. The molecular weight excluding hydrogens is 306 g/mol. The summed E-state index contributed by atoms with van der Waals surface area (Å²) in [5.41, 5.74) is 6.67. The lowest BCUT2D eigenvalue weighted by atomic mass is 10.1. The first-order chi connectivity index (χ1) is 10.2. The second-order valence-electron chi connectivity index (χ2n) is 5.92. The fourth-order valence-electron chi connectivity index (χ4n) is 2.86. The van der Waals surface area contributed by atoms with Gasteiger partial charge in [-0.25, -0.2) is 8.42 Å². The van der Waals surface area contributed by atoms with Gasteiger partial charge in [-0.1, -0.05) is 0 Å². The van der Waals surface area contributed by atoms with E-state index in [4.69, 9.17) is 5.73 Å². The molecule has 1 aliphatic heterocycles. The van der Waals surface area contributed by atoms with Crippen molar-refractivity contribution in [3.05, 3.63) is 33.4 Å². The van der Waals surface area contributed by atoms with Crippen molar-refractivity contribution < 1.29 is 13.3 Å². The van der Waals surface area contributed by atoms with Crippen LogP contribution in [0.4, 0.5) is 5.69 Å². The molecule has 1 aromatic carbocycles. The van der Waals surface area contributed by atoms with Gasteiger partial charge in [-0.05, 0) is 56.8 Å². The third kappa shape index (κ3) is 2.86. The van der Waals surface area contributed by atoms with E-state index in [1.54, 1.807) is 20.8 Å². The number of hydrogen-bond donors (Lipinski definition) is 1. The van der Waals surface area contributed by atoms with Crippen molar-refractivity contribution in [3.63, 3.8) is 0 Å². The molecule has 0 aromatic heterocycles. The molecule has 2 atom stereocenters. The topological polar surface area (TPSA) is 107 Å². The number of benzene rings is 1. The fraction of sp³-hybridized carbons (Fsp3) is 0.571. The van der Waals surface area contributed by atoms with Crippen molar-refractivity contribution >= 4 is 15.7 Å². The maximum absolute atomic E-state index is 12.9. The molecule has 0 amide bonds. The Balaban J connectivity index is 2.55. The summed E-state index contributed by atoms with van der Waals surface area (Å²) < 4.78 is 27.1. The molecule has 7 nitrogen and oxygen atoms in total. The van der Waals surface area contributed by atoms with Gasteiger partial charge in [-0.3, -0.25) is 10.1 Å². The van der Waals surface area contributed by atoms with Crippen LogP contribution >= 0.6 is 0 Å². The van der Waals surface area contributed by atoms with E-state index < -0.39 is 14.9 Å². The molecule has 1 fully saturated rings. The van der Waals surface area contributed by atoms with E-state index in [1.165, 1.54) is 16.4 Å². The monoisotopic (exact) mass is 327 g/mol. The van der Waals surface area contributed by atoms with Crippen LogP contribution in [0.1, 0.15) is 24.5 Å². The number of nitrogens with zero attached hydrogens (tertiary/aromatic N) is 2. The maximum atomic E-state index is 12.9. The molecule has 0 aliphatic carbocycles. The molecule has 122 valence electrons. The highest BCUT2D eigenvalue weighted by atomic mass is 32.2. The van der Waals surface area contributed by atoms with E-state index in [-0.39, 0.29) is 22.5 Å². The third-order valence-corrected chi connectivity index (χ3v) is 6.31. The van der Waals surface area contributed by atoms with Gasteiger partial charge in [0.1, 0.15) is 0 Å². The van der Waals surface area contributed by atoms with E-state index in [1.807, 2.05) is 0 Å². The standard InChI is InChI=1S/C14H21N3O4S/c1-9-4-13(17(18)19)14(5-10(9)2)22(20,21)16-8-12(7-15)6-11(16)3/h4-5,11-12H,6-8,15H2,1-3H3. The van der Waals surface area contributed by atoms with Gasteiger partial charge in [-0.15, -0.1) is 0 Å². The molecule has 8 heteroatoms. The summed E-state index contributed by atoms with van der Waals surface area (Å²) in [5, 5.41) is 11.3. The summed E-state index contributed by atoms with van der Waals surface area (Å²) in [7, 11) is -3.91. The van der Waals surface area contributed by atoms with Crippen LogP contribution in [0.5, 0.6) is 0 Å². The first-order valence-corrected chi connectivity index (χ1v) is 8.60. The predicted octanol–water partition coefficient (Wildman–Crippen LogP) is 1.57. The van der Waals surface area contributed by atoms with E-state index in [0.29, 0.717) is 30.6 Å². The molecule has 2 N–H and O–H groups in total. The SMILES string of the molecule is Cc1cc([N+](=O)[O-])c(S(=O)(=O)N2CC(CN)CC2C)cc1C. The average Bonchev–Trinajstić information content (AvgIpc) is 2.83. The lowest BCUT2D eigenvalue weighted by Gasteiger charge is -2.21. The summed E-state index contributed by atoms with van der Waals surface area (Å²) >= 11 is 0. The molecule has 1 saturated heterocycles. The lowest BCUT2D eigenvalue weighted by Crippen LogP contribution is -2.35. The summed E-state index contributed by atoms with van der Waals surface area (Å²) in [5.74, 6) is 0.0929. The number of nitro groups is 1. The zero-order valence-electron chi connectivity index (χ0n) is 12.9. The summed E-state index contributed by atoms with van der Waals surface area (Å²) in [6, 6.07) is 2.51. The highest BCUT2D eigenvalue weighted by Crippen LogP contribution is 2.34. The zero-order chi connectivity index (χ0) is 16.7. The van der Waals surface area contributed by atoms with Crippen LogP contribution in [0.3, 0.4) is 0 Å². The second kappa shape index (κ2) is 5.94. The largest absolute Gasteiger partial charge is 0.330 e. The smallest absolute Gasteiger partial charge is 0.289 e. The van der Waals surface area contributed by atoms with Gasteiger partial charge in [-0.2, -0.15) is 4.31 Å². The van der Waals surface area contributed by atoms with E-state index in [0.717, 1.165) is 0 Å². The van der Waals surface area contributed by atoms with Crippen LogP contribution in [0.25, 0.3) is 0 Å². The number of nitrogens with two attached hydrogens (primary N) is 1. The molecular formula is C14H21N3O4S. The molecule has 0 radical (unpaired) electrons. The van der Waals surface area contributed by atoms with Crippen LogP contribution in [0, 0.1) is 29.9 Å². The summed E-state index contributed by atoms with van der Waals surface area (Å²) in [6.45, 7) is 5.99. The molecule has 1 heterocycles. The summed E-state index contributed by atoms with van der Waals surface area (Å²) in [4.78, 5) is 10.4. The number of sulfonamides is 1. The minimum absolute atomic E-state index is 0.0929. The lowest BCUT2D eigenvalue weighted by molar-refractivity contribution is -0.387. The van der Waals surface area contributed by atoms with Gasteiger partial charge in [0.05, 0.1) is 4.92 Å². The van der Waals surface area contributed by atoms with Crippen molar-refractivity contribution in [3.8, 4) is 0 Å². The Kier molecular flexibility index (Phi) is 4.55. The second-order valence-corrected chi connectivity index (χ2v) is 7.78. The van der Waals surface area contributed by atoms with Gasteiger partial charge in [0.25, 0.3) is 5.69 Å². The van der Waals surface area contributed by atoms with Gasteiger partial charge in [0.15, 0.2) is 4.90 Å². The molecule has 22 heavy (non-hydrogen) atoms. The minimum atomic E-state index is -3.91. The van der Waals surface area contributed by atoms with E-state index in [2.05, 4.69) is 0 Å². The molecule has 0 spiro atoms. The first kappa shape index (κ1) is 16.9. The van der Waals surface area contributed by atoms with Crippen LogP contribution in [0.15, 0.2) is 17.0 Å². The van der Waals surface area contributed by atoms with Gasteiger partial charge in [0.2, 0.25) is 10.0 Å². The highest BCUT2D eigenvalue weighted by molar-refractivity contribution is 7.89. The van der Waals surface area contributed by atoms with Crippen LogP contribution in [-0.2, 0) is 10.0 Å². The average molecular weight is 327 g/mol. The molecule has 0 saturated carbocycles. The Morgan fingerprint density at radius 3 is 2.45 bits per heavy atom. The number of aryl methyl sites for hydroxylation is 2. The van der Waals surface area contributed by atoms with Gasteiger partial charge < -0.3 is 5.73 Å². The Morgan fingerprint density at radius 2 is 1.95 bits per heavy atom. The molecule has 1 aliphatic rings. The zero-order valence-corrected chi connectivity index (χ0v) is 13.8. The van der Waals surface area contributed by atoms with Gasteiger partial charge >= 0.3 is 0 Å². The third-order valence-electron chi connectivity index (χ3n) is 4.30. The van der Waals surface area contributed by atoms with E-state index >= 15 is 0 Å². The fourth-order valence-corrected chi connectivity index (χ4v) is 4.81. The van der Waals surface area contributed by atoms with Crippen LogP contribution in [-0.4, -0.2) is 36.8 Å². The van der Waals surface area contributed by atoms with Crippen molar-refractivity contribution in [2.24, 2.45) is 11.7 Å². The van der Waals surface area contributed by atoms with Crippen molar-refractivity contribution in [2.45, 2.75) is 38.1 Å². The van der Waals surface area contributed by atoms with Crippen LogP contribution in [0.2, 0.25) is 0 Å².